The number of hydrogen-bond acceptors (Lipinski definition) is 5. The summed E-state index contributed by atoms with van der Waals surface area (Å²) in [5.41, 5.74) is 1.07. The molecule has 7 nitrogen and oxygen atoms in total. The van der Waals surface area contributed by atoms with E-state index in [9.17, 15) is 23.1 Å². The van der Waals surface area contributed by atoms with E-state index in [-0.39, 0.29) is 13.0 Å². The maximum Gasteiger partial charge on any atom is 0.414 e. The lowest BCUT2D eigenvalue weighted by Gasteiger charge is -2.24. The van der Waals surface area contributed by atoms with E-state index in [1.54, 1.807) is 25.1 Å². The summed E-state index contributed by atoms with van der Waals surface area (Å²) < 4.78 is 26.9. The van der Waals surface area contributed by atoms with Crippen molar-refractivity contribution in [2.75, 3.05) is 17.7 Å². The fourth-order valence-corrected chi connectivity index (χ4v) is 3.61. The van der Waals surface area contributed by atoms with Crippen LogP contribution in [-0.4, -0.2) is 49.2 Å². The topological polar surface area (TPSA) is 101 Å². The molecule has 1 aromatic rings. The van der Waals surface area contributed by atoms with Crippen molar-refractivity contribution in [1.82, 2.24) is 0 Å². The molecule has 1 amide bonds. The Morgan fingerprint density at radius 2 is 2.15 bits per heavy atom. The van der Waals surface area contributed by atoms with E-state index in [0.29, 0.717) is 16.3 Å². The van der Waals surface area contributed by atoms with E-state index < -0.39 is 32.8 Å². The second kappa shape index (κ2) is 7.17. The molecule has 0 aliphatic carbocycles. The van der Waals surface area contributed by atoms with E-state index in [2.05, 4.69) is 11.8 Å². The third kappa shape index (κ3) is 3.79. The first kappa shape index (κ1) is 20.1. The van der Waals surface area contributed by atoms with Crippen LogP contribution in [0.5, 0.6) is 0 Å². The summed E-state index contributed by atoms with van der Waals surface area (Å²) in [7, 11) is -3.92. The van der Waals surface area contributed by atoms with Gasteiger partial charge in [0.15, 0.2) is 14.6 Å². The number of carbonyl (C=O) groups is 2. The highest BCUT2D eigenvalue weighted by molar-refractivity contribution is 7.92. The molecule has 1 N–H and O–H groups in total. The number of cyclic esters (lactones) is 1. The molecule has 0 bridgehead atoms. The maximum atomic E-state index is 12.1. The number of sulfone groups is 1. The number of ether oxygens (including phenoxy) is 1. The summed E-state index contributed by atoms with van der Waals surface area (Å²) in [5, 5.41) is 9.69. The fraction of sp³-hybridized carbons (Fsp3) is 0.412. The molecule has 0 saturated carbocycles. The van der Waals surface area contributed by atoms with Crippen LogP contribution in [-0.2, 0) is 19.4 Å². The molecule has 0 spiro atoms. The Morgan fingerprint density at radius 3 is 2.65 bits per heavy atom. The maximum absolute atomic E-state index is 12.1. The Labute approximate surface area is 156 Å². The van der Waals surface area contributed by atoms with Gasteiger partial charge in [-0.2, -0.15) is 0 Å². The van der Waals surface area contributed by atoms with Crippen LogP contribution in [0, 0.1) is 11.8 Å². The van der Waals surface area contributed by atoms with Gasteiger partial charge in [-0.1, -0.05) is 17.5 Å². The average Bonchev–Trinajstić information content (AvgIpc) is 2.88. The Hall–Kier alpha value is -2.24. The molecular weight excluding hydrogens is 382 g/mol. The number of carboxylic acids is 1. The smallest absolute Gasteiger partial charge is 0.414 e. The van der Waals surface area contributed by atoms with Gasteiger partial charge < -0.3 is 9.84 Å². The highest BCUT2D eigenvalue weighted by Crippen LogP contribution is 2.31. The highest BCUT2D eigenvalue weighted by atomic mass is 35.5. The third-order valence-corrected chi connectivity index (χ3v) is 6.58. The van der Waals surface area contributed by atoms with Crippen molar-refractivity contribution < 1.29 is 27.9 Å². The molecule has 0 aromatic heterocycles. The van der Waals surface area contributed by atoms with Gasteiger partial charge in [-0.05, 0) is 32.0 Å². The number of benzene rings is 1. The molecule has 140 valence electrons. The molecule has 0 radical (unpaired) electrons. The van der Waals surface area contributed by atoms with Gasteiger partial charge >= 0.3 is 12.1 Å². The predicted molar refractivity (Wildman–Crippen MR) is 97.1 cm³/mol. The molecule has 0 unspecified atom stereocenters. The van der Waals surface area contributed by atoms with Crippen molar-refractivity contribution in [3.05, 3.63) is 28.8 Å². The standard InChI is InChI=1S/C17H18ClNO6S/c1-4-5-11-6-7-12(8-14(11)18)19-10-13(25-16(19)22)9-17(2,15(20)21)26(3,23)24/h6-8,13H,9-10H2,1-3H3,(H,20,21)/t13-,17+/m0/s1. The number of carboxylic acid groups (broad SMARTS) is 1. The van der Waals surface area contributed by atoms with Crippen molar-refractivity contribution in [2.24, 2.45) is 0 Å². The summed E-state index contributed by atoms with van der Waals surface area (Å²) in [6, 6.07) is 4.85. The van der Waals surface area contributed by atoms with Crippen LogP contribution in [0.15, 0.2) is 18.2 Å². The molecule has 1 aliphatic rings. The number of hydrogen-bond donors (Lipinski definition) is 1. The van der Waals surface area contributed by atoms with E-state index in [1.165, 1.54) is 4.90 Å². The summed E-state index contributed by atoms with van der Waals surface area (Å²) >= 11 is 6.14. The largest absolute Gasteiger partial charge is 0.480 e. The quantitative estimate of drug-likeness (QED) is 0.762. The van der Waals surface area contributed by atoms with Gasteiger partial charge in [0.25, 0.3) is 0 Å². The Bertz CT molecular complexity index is 917. The minimum Gasteiger partial charge on any atom is -0.480 e. The number of amides is 1. The van der Waals surface area contributed by atoms with Gasteiger partial charge in [-0.25, -0.2) is 13.2 Å². The highest BCUT2D eigenvalue weighted by Gasteiger charge is 2.48. The summed E-state index contributed by atoms with van der Waals surface area (Å²) in [5.74, 6) is 4.07. The number of halogens is 1. The Kier molecular flexibility index (Phi) is 5.54. The molecule has 2 atom stereocenters. The minimum absolute atomic E-state index is 0.0202. The first-order chi connectivity index (χ1) is 12.0. The second-order valence-corrected chi connectivity index (χ2v) is 9.02. The van der Waals surface area contributed by atoms with Gasteiger partial charge in [0.1, 0.15) is 6.10 Å². The number of carbonyl (C=O) groups excluding carboxylic acids is 1. The number of aliphatic carboxylic acids is 1. The zero-order chi connectivity index (χ0) is 19.7. The normalized spacial score (nSPS) is 19.3. The van der Waals surface area contributed by atoms with Crippen molar-refractivity contribution in [2.45, 2.75) is 31.1 Å². The monoisotopic (exact) mass is 399 g/mol. The zero-order valence-electron chi connectivity index (χ0n) is 14.4. The molecule has 1 saturated heterocycles. The zero-order valence-corrected chi connectivity index (χ0v) is 16.0. The second-order valence-electron chi connectivity index (χ2n) is 6.17. The number of nitrogens with zero attached hydrogens (tertiary/aromatic N) is 1. The third-order valence-electron chi connectivity index (χ3n) is 4.29. The summed E-state index contributed by atoms with van der Waals surface area (Å²) in [6.45, 7) is 2.80. The molecule has 9 heteroatoms. The van der Waals surface area contributed by atoms with Crippen LogP contribution < -0.4 is 4.90 Å². The average molecular weight is 400 g/mol. The van der Waals surface area contributed by atoms with Crippen molar-refractivity contribution in [3.63, 3.8) is 0 Å². The predicted octanol–water partition coefficient (Wildman–Crippen LogP) is 2.31. The van der Waals surface area contributed by atoms with Crippen LogP contribution in [0.2, 0.25) is 5.02 Å². The summed E-state index contributed by atoms with van der Waals surface area (Å²) in [4.78, 5) is 24.9. The molecule has 2 rings (SSSR count). The van der Waals surface area contributed by atoms with Crippen molar-refractivity contribution in [1.29, 1.82) is 0 Å². The van der Waals surface area contributed by atoms with Crippen molar-refractivity contribution >= 4 is 39.2 Å². The fourth-order valence-electron chi connectivity index (χ4n) is 2.58. The van der Waals surface area contributed by atoms with E-state index in [1.807, 2.05) is 0 Å². The van der Waals surface area contributed by atoms with Gasteiger partial charge in [0.2, 0.25) is 0 Å². The minimum atomic E-state index is -3.92. The molecular formula is C17H18ClNO6S. The summed E-state index contributed by atoms with van der Waals surface area (Å²) in [6.07, 6.45) is -1.08. The SMILES string of the molecule is CC#Cc1ccc(N2C[C@H](C[C@](C)(C(=O)O)S(C)(=O)=O)OC2=O)cc1Cl. The first-order valence-corrected chi connectivity index (χ1v) is 9.90. The van der Waals surface area contributed by atoms with Crippen LogP contribution in [0.25, 0.3) is 0 Å². The molecule has 1 aromatic carbocycles. The Morgan fingerprint density at radius 1 is 1.50 bits per heavy atom. The molecule has 1 aliphatic heterocycles. The van der Waals surface area contributed by atoms with Gasteiger partial charge in [0, 0.05) is 23.9 Å². The van der Waals surface area contributed by atoms with Crippen molar-refractivity contribution in [3.8, 4) is 11.8 Å². The van der Waals surface area contributed by atoms with Crippen LogP contribution in [0.1, 0.15) is 25.8 Å². The van der Waals surface area contributed by atoms with E-state index in [4.69, 9.17) is 16.3 Å². The van der Waals surface area contributed by atoms with E-state index in [0.717, 1.165) is 13.2 Å². The Balaban J connectivity index is 2.24. The number of rotatable bonds is 5. The molecule has 1 fully saturated rings. The van der Waals surface area contributed by atoms with E-state index >= 15 is 0 Å². The molecule has 26 heavy (non-hydrogen) atoms. The van der Waals surface area contributed by atoms with Crippen LogP contribution >= 0.6 is 11.6 Å². The van der Waals surface area contributed by atoms with Gasteiger partial charge in [-0.3, -0.25) is 9.69 Å². The lowest BCUT2D eigenvalue weighted by molar-refractivity contribution is -0.140. The first-order valence-electron chi connectivity index (χ1n) is 7.63. The van der Waals surface area contributed by atoms with Crippen LogP contribution in [0.4, 0.5) is 10.5 Å². The van der Waals surface area contributed by atoms with Crippen LogP contribution in [0.3, 0.4) is 0 Å². The molecule has 1 heterocycles. The number of anilines is 1. The van der Waals surface area contributed by atoms with Gasteiger partial charge in [-0.15, -0.1) is 5.92 Å². The van der Waals surface area contributed by atoms with Gasteiger partial charge in [0.05, 0.1) is 11.6 Å². The lowest BCUT2D eigenvalue weighted by atomic mass is 10.0. The lowest BCUT2D eigenvalue weighted by Crippen LogP contribution is -2.46.